The van der Waals surface area contributed by atoms with Crippen LogP contribution in [-0.2, 0) is 0 Å². The molecule has 0 heterocycles. The smallest absolute Gasteiger partial charge is 0.128 e. The van der Waals surface area contributed by atoms with Crippen molar-refractivity contribution in [1.29, 1.82) is 0 Å². The van der Waals surface area contributed by atoms with Crippen molar-refractivity contribution in [1.82, 2.24) is 0 Å². The maximum absolute atomic E-state index is 9.91. The molecule has 15 heavy (non-hydrogen) atoms. The van der Waals surface area contributed by atoms with Gasteiger partial charge in [0.1, 0.15) is 11.5 Å². The monoisotopic (exact) mass is 208 g/mol. The highest BCUT2D eigenvalue weighted by Crippen LogP contribution is 2.35. The number of aliphatic hydroxyl groups is 1. The first kappa shape index (κ1) is 11.6. The molecular formula is C12H16O3. The van der Waals surface area contributed by atoms with Crippen LogP contribution < -0.4 is 9.47 Å². The van der Waals surface area contributed by atoms with E-state index in [4.69, 9.17) is 9.47 Å². The van der Waals surface area contributed by atoms with E-state index in [-0.39, 0.29) is 0 Å². The van der Waals surface area contributed by atoms with E-state index in [1.165, 1.54) is 0 Å². The van der Waals surface area contributed by atoms with E-state index in [1.54, 1.807) is 32.4 Å². The van der Waals surface area contributed by atoms with Gasteiger partial charge in [0, 0.05) is 0 Å². The molecular weight excluding hydrogens is 192 g/mol. The van der Waals surface area contributed by atoms with Crippen molar-refractivity contribution in [2.24, 2.45) is 0 Å². The van der Waals surface area contributed by atoms with E-state index in [0.717, 1.165) is 0 Å². The second kappa shape index (κ2) is 5.41. The molecule has 0 saturated heterocycles. The van der Waals surface area contributed by atoms with Gasteiger partial charge in [0.25, 0.3) is 0 Å². The third-order valence-corrected chi connectivity index (χ3v) is 2.19. The predicted octanol–water partition coefficient (Wildman–Crippen LogP) is 2.31. The van der Waals surface area contributed by atoms with E-state index in [2.05, 4.69) is 6.58 Å². The minimum absolute atomic E-state index is 0.469. The molecule has 1 rings (SSSR count). The van der Waals surface area contributed by atoms with Gasteiger partial charge in [-0.25, -0.2) is 0 Å². The molecule has 1 atom stereocenters. The maximum atomic E-state index is 9.91. The quantitative estimate of drug-likeness (QED) is 0.755. The van der Waals surface area contributed by atoms with Crippen molar-refractivity contribution >= 4 is 0 Å². The third kappa shape index (κ3) is 2.50. The highest BCUT2D eigenvalue weighted by Gasteiger charge is 2.17. The predicted molar refractivity (Wildman–Crippen MR) is 59.3 cm³/mol. The topological polar surface area (TPSA) is 38.7 Å². The number of methoxy groups -OCH3 is 2. The molecule has 0 bridgehead atoms. The summed E-state index contributed by atoms with van der Waals surface area (Å²) in [5, 5.41) is 9.91. The van der Waals surface area contributed by atoms with E-state index in [1.807, 2.05) is 6.07 Å². The molecule has 0 aliphatic carbocycles. The zero-order chi connectivity index (χ0) is 11.3. The van der Waals surface area contributed by atoms with Crippen LogP contribution in [0.15, 0.2) is 30.9 Å². The first-order valence-corrected chi connectivity index (χ1v) is 4.74. The minimum atomic E-state index is -0.645. The Kier molecular flexibility index (Phi) is 4.18. The van der Waals surface area contributed by atoms with Gasteiger partial charge in [-0.15, -0.1) is 6.58 Å². The van der Waals surface area contributed by atoms with Gasteiger partial charge < -0.3 is 14.6 Å². The standard InChI is InChI=1S/C12H16O3/c1-4-6-9(13)12-10(14-2)7-5-8-11(12)15-3/h4-5,7-9,13H,1,6H2,2-3H3. The molecule has 0 radical (unpaired) electrons. The highest BCUT2D eigenvalue weighted by molar-refractivity contribution is 5.46. The van der Waals surface area contributed by atoms with Crippen molar-refractivity contribution in [2.75, 3.05) is 14.2 Å². The Balaban J connectivity index is 3.14. The van der Waals surface area contributed by atoms with Crippen LogP contribution in [0, 0.1) is 0 Å². The van der Waals surface area contributed by atoms with E-state index in [9.17, 15) is 5.11 Å². The summed E-state index contributed by atoms with van der Waals surface area (Å²) in [5.74, 6) is 1.26. The summed E-state index contributed by atoms with van der Waals surface area (Å²) < 4.78 is 10.4. The molecule has 3 heteroatoms. The number of aliphatic hydroxyl groups excluding tert-OH is 1. The molecule has 1 aromatic rings. The fraction of sp³-hybridized carbons (Fsp3) is 0.333. The summed E-state index contributed by atoms with van der Waals surface area (Å²) in [6, 6.07) is 5.41. The van der Waals surface area contributed by atoms with Crippen molar-refractivity contribution in [2.45, 2.75) is 12.5 Å². The Morgan fingerprint density at radius 1 is 1.33 bits per heavy atom. The van der Waals surface area contributed by atoms with Crippen LogP contribution in [0.5, 0.6) is 11.5 Å². The van der Waals surface area contributed by atoms with Crippen LogP contribution in [0.3, 0.4) is 0 Å². The Bertz CT molecular complexity index is 311. The lowest BCUT2D eigenvalue weighted by Gasteiger charge is -2.16. The van der Waals surface area contributed by atoms with E-state index >= 15 is 0 Å². The lowest BCUT2D eigenvalue weighted by molar-refractivity contribution is 0.172. The highest BCUT2D eigenvalue weighted by atomic mass is 16.5. The number of hydrogen-bond acceptors (Lipinski definition) is 3. The fourth-order valence-electron chi connectivity index (χ4n) is 1.48. The zero-order valence-electron chi connectivity index (χ0n) is 9.06. The molecule has 0 spiro atoms. The number of ether oxygens (including phenoxy) is 2. The van der Waals surface area contributed by atoms with Crippen LogP contribution in [0.4, 0.5) is 0 Å². The van der Waals surface area contributed by atoms with Gasteiger partial charge in [-0.2, -0.15) is 0 Å². The molecule has 0 amide bonds. The van der Waals surface area contributed by atoms with Crippen molar-refractivity contribution in [3.05, 3.63) is 36.4 Å². The van der Waals surface area contributed by atoms with Gasteiger partial charge in [0.2, 0.25) is 0 Å². The SMILES string of the molecule is C=CCC(O)c1c(OC)cccc1OC. The lowest BCUT2D eigenvalue weighted by atomic mass is 10.0. The van der Waals surface area contributed by atoms with Gasteiger partial charge in [-0.3, -0.25) is 0 Å². The largest absolute Gasteiger partial charge is 0.496 e. The third-order valence-electron chi connectivity index (χ3n) is 2.19. The van der Waals surface area contributed by atoms with Gasteiger partial charge in [-0.05, 0) is 18.6 Å². The molecule has 0 fully saturated rings. The van der Waals surface area contributed by atoms with Gasteiger partial charge in [0.05, 0.1) is 25.9 Å². The maximum Gasteiger partial charge on any atom is 0.128 e. The van der Waals surface area contributed by atoms with Crippen LogP contribution >= 0.6 is 0 Å². The molecule has 1 aromatic carbocycles. The molecule has 0 aliphatic rings. The number of rotatable bonds is 5. The number of hydrogen-bond donors (Lipinski definition) is 1. The zero-order valence-corrected chi connectivity index (χ0v) is 9.06. The summed E-state index contributed by atoms with van der Waals surface area (Å²) in [6.07, 6.45) is 1.49. The molecule has 0 saturated carbocycles. The summed E-state index contributed by atoms with van der Waals surface area (Å²) >= 11 is 0. The molecule has 3 nitrogen and oxygen atoms in total. The van der Waals surface area contributed by atoms with Crippen LogP contribution in [0.2, 0.25) is 0 Å². The first-order valence-electron chi connectivity index (χ1n) is 4.74. The van der Waals surface area contributed by atoms with Gasteiger partial charge in [0.15, 0.2) is 0 Å². The van der Waals surface area contributed by atoms with Crippen LogP contribution in [0.1, 0.15) is 18.1 Å². The fourth-order valence-corrected chi connectivity index (χ4v) is 1.48. The number of benzene rings is 1. The normalized spacial score (nSPS) is 11.9. The average Bonchev–Trinajstić information content (AvgIpc) is 2.28. The molecule has 1 N–H and O–H groups in total. The molecule has 1 unspecified atom stereocenters. The second-order valence-corrected chi connectivity index (χ2v) is 3.12. The van der Waals surface area contributed by atoms with Crippen molar-refractivity contribution < 1.29 is 14.6 Å². The molecule has 0 aliphatic heterocycles. The summed E-state index contributed by atoms with van der Waals surface area (Å²) in [6.45, 7) is 3.60. The summed E-state index contributed by atoms with van der Waals surface area (Å²) in [4.78, 5) is 0. The minimum Gasteiger partial charge on any atom is -0.496 e. The average molecular weight is 208 g/mol. The molecule has 0 aromatic heterocycles. The van der Waals surface area contributed by atoms with Crippen LogP contribution in [0.25, 0.3) is 0 Å². The summed E-state index contributed by atoms with van der Waals surface area (Å²) in [5.41, 5.74) is 0.669. The Morgan fingerprint density at radius 2 is 1.87 bits per heavy atom. The Labute approximate surface area is 90.0 Å². The lowest BCUT2D eigenvalue weighted by Crippen LogP contribution is -2.02. The Hall–Kier alpha value is -1.48. The van der Waals surface area contributed by atoms with Crippen LogP contribution in [-0.4, -0.2) is 19.3 Å². The van der Waals surface area contributed by atoms with E-state index < -0.39 is 6.10 Å². The second-order valence-electron chi connectivity index (χ2n) is 3.12. The summed E-state index contributed by atoms with van der Waals surface area (Å²) in [7, 11) is 3.14. The Morgan fingerprint density at radius 3 is 2.27 bits per heavy atom. The first-order chi connectivity index (χ1) is 7.24. The van der Waals surface area contributed by atoms with E-state index in [0.29, 0.717) is 23.5 Å². The van der Waals surface area contributed by atoms with Gasteiger partial charge in [-0.1, -0.05) is 12.1 Å². The van der Waals surface area contributed by atoms with Gasteiger partial charge >= 0.3 is 0 Å². The molecule has 82 valence electrons. The van der Waals surface area contributed by atoms with Crippen molar-refractivity contribution in [3.63, 3.8) is 0 Å². The van der Waals surface area contributed by atoms with Crippen molar-refractivity contribution in [3.8, 4) is 11.5 Å².